The van der Waals surface area contributed by atoms with E-state index in [0.29, 0.717) is 17.9 Å². The number of likely N-dealkylation sites (N-methyl/N-ethyl adjacent to an activating group) is 1. The number of anilines is 1. The molecule has 4 aromatic rings. The lowest BCUT2D eigenvalue weighted by Crippen LogP contribution is -2.53. The minimum atomic E-state index is -4.54. The Morgan fingerprint density at radius 2 is 1.64 bits per heavy atom. The number of hydrogen-bond acceptors (Lipinski definition) is 7. The summed E-state index contributed by atoms with van der Waals surface area (Å²) in [5.74, 6) is -0.593. The van der Waals surface area contributed by atoms with E-state index in [1.165, 1.54) is 43.2 Å². The lowest BCUT2D eigenvalue weighted by molar-refractivity contribution is -0.385. The standard InChI is InChI=1S/C34H35BrN4O7S/c1-4-36-34(41)32(20-25-9-6-5-7-10-25)37(22-26-11-8-12-27(35)19-26)33(40)23-38(28-14-16-29(46-3)17-15-28)47(44,45)30-18-13-24(2)31(21-30)39(42)43/h5-19,21,32H,4,20,22-23H2,1-3H3,(H,36,41)/t32-/m0/s1. The first kappa shape index (κ1) is 35.1. The lowest BCUT2D eigenvalue weighted by atomic mass is 10.0. The van der Waals surface area contributed by atoms with Gasteiger partial charge in [-0.25, -0.2) is 8.42 Å². The Hall–Kier alpha value is -4.75. The normalized spacial score (nSPS) is 11.7. The summed E-state index contributed by atoms with van der Waals surface area (Å²) in [6.07, 6.45) is 0.172. The third kappa shape index (κ3) is 8.74. The van der Waals surface area contributed by atoms with Crippen molar-refractivity contribution in [3.63, 3.8) is 0 Å². The number of rotatable bonds is 14. The smallest absolute Gasteiger partial charge is 0.273 e. The number of amides is 2. The summed E-state index contributed by atoms with van der Waals surface area (Å²) in [6.45, 7) is 2.90. The molecule has 246 valence electrons. The van der Waals surface area contributed by atoms with Gasteiger partial charge in [0.25, 0.3) is 15.7 Å². The van der Waals surface area contributed by atoms with Crippen molar-refractivity contribution in [2.75, 3.05) is 24.5 Å². The number of carbonyl (C=O) groups is 2. The van der Waals surface area contributed by atoms with E-state index in [1.54, 1.807) is 25.1 Å². The second kappa shape index (κ2) is 15.7. The van der Waals surface area contributed by atoms with E-state index in [2.05, 4.69) is 21.2 Å². The molecule has 0 aliphatic heterocycles. The average molecular weight is 724 g/mol. The van der Waals surface area contributed by atoms with E-state index >= 15 is 0 Å². The van der Waals surface area contributed by atoms with Gasteiger partial charge in [0.05, 0.1) is 22.6 Å². The van der Waals surface area contributed by atoms with Crippen LogP contribution in [0.2, 0.25) is 0 Å². The molecule has 1 N–H and O–H groups in total. The van der Waals surface area contributed by atoms with E-state index in [0.717, 1.165) is 20.4 Å². The van der Waals surface area contributed by atoms with Gasteiger partial charge in [-0.15, -0.1) is 0 Å². The Balaban J connectivity index is 1.83. The largest absolute Gasteiger partial charge is 0.497 e. The summed E-state index contributed by atoms with van der Waals surface area (Å²) in [5.41, 5.74) is 1.56. The van der Waals surface area contributed by atoms with E-state index in [1.807, 2.05) is 48.5 Å². The molecular weight excluding hydrogens is 688 g/mol. The topological polar surface area (TPSA) is 139 Å². The monoisotopic (exact) mass is 722 g/mol. The number of halogens is 1. The van der Waals surface area contributed by atoms with Crippen molar-refractivity contribution in [3.8, 4) is 5.75 Å². The Morgan fingerprint density at radius 1 is 0.957 bits per heavy atom. The highest BCUT2D eigenvalue weighted by Gasteiger charge is 2.35. The number of carbonyl (C=O) groups excluding carboxylic acids is 2. The fourth-order valence-corrected chi connectivity index (χ4v) is 6.91. The summed E-state index contributed by atoms with van der Waals surface area (Å²) >= 11 is 3.46. The van der Waals surface area contributed by atoms with Crippen molar-refractivity contribution in [2.24, 2.45) is 0 Å². The SMILES string of the molecule is CCNC(=O)[C@H](Cc1ccccc1)N(Cc1cccc(Br)c1)C(=O)CN(c1ccc(OC)cc1)S(=O)(=O)c1ccc(C)c([N+](=O)[O-])c1. The Morgan fingerprint density at radius 3 is 2.26 bits per heavy atom. The summed E-state index contributed by atoms with van der Waals surface area (Å²) in [4.78, 5) is 40.1. The van der Waals surface area contributed by atoms with Crippen molar-refractivity contribution in [3.05, 3.63) is 128 Å². The first-order valence-electron chi connectivity index (χ1n) is 14.7. The van der Waals surface area contributed by atoms with Crippen LogP contribution < -0.4 is 14.4 Å². The van der Waals surface area contributed by atoms with E-state index in [9.17, 15) is 28.1 Å². The molecular formula is C34H35BrN4O7S. The maximum Gasteiger partial charge on any atom is 0.273 e. The van der Waals surface area contributed by atoms with Gasteiger partial charge >= 0.3 is 0 Å². The van der Waals surface area contributed by atoms with Gasteiger partial charge in [0.2, 0.25) is 11.8 Å². The van der Waals surface area contributed by atoms with Crippen molar-refractivity contribution in [1.29, 1.82) is 0 Å². The van der Waals surface area contributed by atoms with Gasteiger partial charge < -0.3 is 15.0 Å². The Labute approximate surface area is 282 Å². The third-order valence-electron chi connectivity index (χ3n) is 7.47. The number of methoxy groups -OCH3 is 1. The highest BCUT2D eigenvalue weighted by molar-refractivity contribution is 9.10. The second-order valence-corrected chi connectivity index (χ2v) is 13.4. The van der Waals surface area contributed by atoms with Gasteiger partial charge in [0, 0.05) is 35.6 Å². The number of ether oxygens (including phenoxy) is 1. The molecule has 0 aromatic heterocycles. The molecule has 47 heavy (non-hydrogen) atoms. The summed E-state index contributed by atoms with van der Waals surface area (Å²) in [5, 5.41) is 14.5. The van der Waals surface area contributed by atoms with Crippen molar-refractivity contribution >= 4 is 49.1 Å². The molecule has 11 nitrogen and oxygen atoms in total. The van der Waals surface area contributed by atoms with Crippen LogP contribution in [0.15, 0.2) is 106 Å². The number of sulfonamides is 1. The van der Waals surface area contributed by atoms with Crippen LogP contribution in [0.5, 0.6) is 5.75 Å². The second-order valence-electron chi connectivity index (χ2n) is 10.7. The van der Waals surface area contributed by atoms with Gasteiger partial charge in [0.15, 0.2) is 0 Å². The number of nitrogens with one attached hydrogen (secondary N) is 1. The molecule has 0 unspecified atom stereocenters. The summed E-state index contributed by atoms with van der Waals surface area (Å²) in [6, 6.07) is 25.2. The molecule has 0 spiro atoms. The Bertz CT molecular complexity index is 1840. The molecule has 2 amide bonds. The zero-order chi connectivity index (χ0) is 34.1. The summed E-state index contributed by atoms with van der Waals surface area (Å²) < 4.78 is 35.4. The molecule has 0 fully saturated rings. The zero-order valence-electron chi connectivity index (χ0n) is 26.1. The van der Waals surface area contributed by atoms with Gasteiger partial charge in [-0.2, -0.15) is 0 Å². The van der Waals surface area contributed by atoms with Crippen LogP contribution >= 0.6 is 15.9 Å². The van der Waals surface area contributed by atoms with Gasteiger partial charge in [-0.1, -0.05) is 64.5 Å². The van der Waals surface area contributed by atoms with Crippen LogP contribution in [0.3, 0.4) is 0 Å². The summed E-state index contributed by atoms with van der Waals surface area (Å²) in [7, 11) is -3.07. The van der Waals surface area contributed by atoms with E-state index in [-0.39, 0.29) is 34.8 Å². The quantitative estimate of drug-likeness (QED) is 0.131. The molecule has 0 aliphatic carbocycles. The predicted octanol–water partition coefficient (Wildman–Crippen LogP) is 5.65. The first-order chi connectivity index (χ1) is 22.4. The fourth-order valence-electron chi connectivity index (χ4n) is 5.03. The van der Waals surface area contributed by atoms with Gasteiger partial charge in [-0.3, -0.25) is 24.0 Å². The fraction of sp³-hybridized carbons (Fsp3) is 0.235. The molecule has 1 atom stereocenters. The lowest BCUT2D eigenvalue weighted by Gasteiger charge is -2.34. The van der Waals surface area contributed by atoms with E-state index < -0.39 is 39.3 Å². The third-order valence-corrected chi connectivity index (χ3v) is 9.73. The zero-order valence-corrected chi connectivity index (χ0v) is 28.5. The molecule has 0 saturated heterocycles. The van der Waals surface area contributed by atoms with Crippen LogP contribution in [0, 0.1) is 17.0 Å². The van der Waals surface area contributed by atoms with Crippen LogP contribution in [0.25, 0.3) is 0 Å². The highest BCUT2D eigenvalue weighted by atomic mass is 79.9. The molecule has 0 saturated carbocycles. The maximum atomic E-state index is 14.5. The molecule has 13 heteroatoms. The molecule has 0 radical (unpaired) electrons. The number of aryl methyl sites for hydroxylation is 1. The number of benzene rings is 4. The molecule has 0 heterocycles. The predicted molar refractivity (Wildman–Crippen MR) is 183 cm³/mol. The minimum absolute atomic E-state index is 0.000584. The molecule has 0 aliphatic rings. The number of nitro benzene ring substituents is 1. The van der Waals surface area contributed by atoms with Crippen molar-refractivity contribution in [1.82, 2.24) is 10.2 Å². The number of nitro groups is 1. The first-order valence-corrected chi connectivity index (χ1v) is 16.9. The van der Waals surface area contributed by atoms with Crippen LogP contribution in [0.1, 0.15) is 23.6 Å². The van der Waals surface area contributed by atoms with Gasteiger partial charge in [0.1, 0.15) is 18.3 Å². The Kier molecular flexibility index (Phi) is 11.7. The van der Waals surface area contributed by atoms with Crippen LogP contribution in [0.4, 0.5) is 11.4 Å². The number of hydrogen-bond donors (Lipinski definition) is 1. The van der Waals surface area contributed by atoms with Crippen LogP contribution in [-0.4, -0.2) is 56.3 Å². The maximum absolute atomic E-state index is 14.5. The highest BCUT2D eigenvalue weighted by Crippen LogP contribution is 2.30. The van der Waals surface area contributed by atoms with Crippen molar-refractivity contribution < 1.29 is 27.7 Å². The number of nitrogens with zero attached hydrogens (tertiary/aromatic N) is 3. The minimum Gasteiger partial charge on any atom is -0.497 e. The van der Waals surface area contributed by atoms with Gasteiger partial charge in [-0.05, 0) is 67.4 Å². The van der Waals surface area contributed by atoms with Crippen LogP contribution in [-0.2, 0) is 32.6 Å². The van der Waals surface area contributed by atoms with Crippen molar-refractivity contribution in [2.45, 2.75) is 37.8 Å². The average Bonchev–Trinajstić information content (AvgIpc) is 3.05. The molecule has 0 bridgehead atoms. The molecule has 4 rings (SSSR count). The molecule has 4 aromatic carbocycles. The van der Waals surface area contributed by atoms with E-state index in [4.69, 9.17) is 4.74 Å².